The molecule has 0 aliphatic carbocycles. The quantitative estimate of drug-likeness (QED) is 0.804. The first-order valence-electron chi connectivity index (χ1n) is 8.79. The molecule has 132 valence electrons. The Morgan fingerprint density at radius 2 is 2.25 bits per heavy atom. The molecule has 0 saturated carbocycles. The standard InChI is InChI=1S/C16H26N6O2/c1-20-12-18-19-15(20)13-5-2-9-22(11-13)16(24)17-7-4-10-21-8-3-6-14(21)23/h12-13H,2-11H2,1H3,(H,17,24)/t13-/m0/s1. The first-order valence-corrected chi connectivity index (χ1v) is 8.79. The third-order valence-electron chi connectivity index (χ3n) is 4.87. The molecule has 0 aromatic carbocycles. The van der Waals surface area contributed by atoms with Crippen molar-refractivity contribution in [2.45, 2.75) is 38.0 Å². The van der Waals surface area contributed by atoms with Gasteiger partial charge < -0.3 is 19.7 Å². The van der Waals surface area contributed by atoms with E-state index in [0.29, 0.717) is 19.5 Å². The molecule has 1 aromatic rings. The number of urea groups is 1. The highest BCUT2D eigenvalue weighted by Gasteiger charge is 2.27. The summed E-state index contributed by atoms with van der Waals surface area (Å²) >= 11 is 0. The summed E-state index contributed by atoms with van der Waals surface area (Å²) in [4.78, 5) is 27.6. The second-order valence-electron chi connectivity index (χ2n) is 6.66. The van der Waals surface area contributed by atoms with Gasteiger partial charge in [-0.3, -0.25) is 4.79 Å². The van der Waals surface area contributed by atoms with E-state index < -0.39 is 0 Å². The smallest absolute Gasteiger partial charge is 0.317 e. The zero-order chi connectivity index (χ0) is 16.9. The highest BCUT2D eigenvalue weighted by molar-refractivity contribution is 5.78. The molecule has 2 aliphatic rings. The van der Waals surface area contributed by atoms with Gasteiger partial charge in [0.2, 0.25) is 5.91 Å². The van der Waals surface area contributed by atoms with Gasteiger partial charge in [0, 0.05) is 52.1 Å². The summed E-state index contributed by atoms with van der Waals surface area (Å²) in [5.41, 5.74) is 0. The van der Waals surface area contributed by atoms with Gasteiger partial charge in [-0.2, -0.15) is 0 Å². The topological polar surface area (TPSA) is 83.4 Å². The van der Waals surface area contributed by atoms with Crippen LogP contribution in [-0.4, -0.2) is 69.2 Å². The Kier molecular flexibility index (Phi) is 5.32. The van der Waals surface area contributed by atoms with Crippen molar-refractivity contribution in [3.05, 3.63) is 12.2 Å². The number of amides is 3. The van der Waals surface area contributed by atoms with Crippen molar-refractivity contribution in [3.8, 4) is 0 Å². The fourth-order valence-corrected chi connectivity index (χ4v) is 3.55. The highest BCUT2D eigenvalue weighted by atomic mass is 16.2. The summed E-state index contributed by atoms with van der Waals surface area (Å²) in [6.07, 6.45) is 6.15. The van der Waals surface area contributed by atoms with Crippen LogP contribution in [0, 0.1) is 0 Å². The number of aromatic nitrogens is 3. The second-order valence-corrected chi connectivity index (χ2v) is 6.66. The molecule has 8 nitrogen and oxygen atoms in total. The number of rotatable bonds is 5. The van der Waals surface area contributed by atoms with Crippen molar-refractivity contribution in [2.75, 3.05) is 32.7 Å². The Bertz CT molecular complexity index is 587. The number of nitrogens with one attached hydrogen (secondary N) is 1. The highest BCUT2D eigenvalue weighted by Crippen LogP contribution is 2.24. The van der Waals surface area contributed by atoms with E-state index in [1.807, 2.05) is 21.4 Å². The zero-order valence-electron chi connectivity index (χ0n) is 14.3. The molecule has 1 atom stereocenters. The largest absolute Gasteiger partial charge is 0.343 e. The predicted octanol–water partition coefficient (Wildman–Crippen LogP) is 0.717. The minimum absolute atomic E-state index is 0.0189. The van der Waals surface area contributed by atoms with Crippen molar-refractivity contribution in [3.63, 3.8) is 0 Å². The average molecular weight is 334 g/mol. The molecule has 8 heteroatoms. The van der Waals surface area contributed by atoms with E-state index in [9.17, 15) is 9.59 Å². The van der Waals surface area contributed by atoms with Gasteiger partial charge in [-0.05, 0) is 25.7 Å². The van der Waals surface area contributed by atoms with Gasteiger partial charge in [0.15, 0.2) is 0 Å². The minimum atomic E-state index is -0.0189. The molecule has 1 aromatic heterocycles. The van der Waals surface area contributed by atoms with Gasteiger partial charge in [0.1, 0.15) is 12.2 Å². The zero-order valence-corrected chi connectivity index (χ0v) is 14.3. The maximum atomic E-state index is 12.4. The second kappa shape index (κ2) is 7.63. The molecule has 1 N–H and O–H groups in total. The summed E-state index contributed by atoms with van der Waals surface area (Å²) in [6, 6.07) is -0.0189. The van der Waals surface area contributed by atoms with E-state index in [1.54, 1.807) is 6.33 Å². The van der Waals surface area contributed by atoms with E-state index in [4.69, 9.17) is 0 Å². The van der Waals surface area contributed by atoms with Crippen LogP contribution < -0.4 is 5.32 Å². The fourth-order valence-electron chi connectivity index (χ4n) is 3.55. The molecule has 24 heavy (non-hydrogen) atoms. The number of hydrogen-bond acceptors (Lipinski definition) is 4. The summed E-state index contributed by atoms with van der Waals surface area (Å²) < 4.78 is 1.93. The maximum absolute atomic E-state index is 12.4. The lowest BCUT2D eigenvalue weighted by Crippen LogP contribution is -2.45. The average Bonchev–Trinajstić information content (AvgIpc) is 3.20. The minimum Gasteiger partial charge on any atom is -0.343 e. The van der Waals surface area contributed by atoms with Gasteiger partial charge in [-0.25, -0.2) is 4.79 Å². The van der Waals surface area contributed by atoms with Gasteiger partial charge in [0.05, 0.1) is 0 Å². The Balaban J connectivity index is 1.41. The van der Waals surface area contributed by atoms with Crippen molar-refractivity contribution in [1.82, 2.24) is 29.9 Å². The summed E-state index contributed by atoms with van der Waals surface area (Å²) in [6.45, 7) is 3.67. The first-order chi connectivity index (χ1) is 11.6. The lowest BCUT2D eigenvalue weighted by molar-refractivity contribution is -0.127. The van der Waals surface area contributed by atoms with E-state index in [2.05, 4.69) is 15.5 Å². The molecule has 0 radical (unpaired) electrons. The lowest BCUT2D eigenvalue weighted by atomic mass is 9.97. The van der Waals surface area contributed by atoms with Crippen LogP contribution in [0.4, 0.5) is 4.79 Å². The van der Waals surface area contributed by atoms with Crippen LogP contribution in [0.3, 0.4) is 0 Å². The van der Waals surface area contributed by atoms with Crippen molar-refractivity contribution < 1.29 is 9.59 Å². The summed E-state index contributed by atoms with van der Waals surface area (Å²) in [5, 5.41) is 11.1. The number of piperidine rings is 1. The van der Waals surface area contributed by atoms with Crippen LogP contribution in [0.15, 0.2) is 6.33 Å². The first kappa shape index (κ1) is 16.7. The SMILES string of the molecule is Cn1cnnc1[C@H]1CCCN(C(=O)NCCCN2CCCC2=O)C1. The maximum Gasteiger partial charge on any atom is 0.317 e. The number of likely N-dealkylation sites (tertiary alicyclic amines) is 2. The van der Waals surface area contributed by atoms with E-state index in [1.165, 1.54) is 0 Å². The molecule has 2 fully saturated rings. The van der Waals surface area contributed by atoms with E-state index in [0.717, 1.165) is 51.1 Å². The molecular formula is C16H26N6O2. The molecule has 3 amide bonds. The molecule has 0 unspecified atom stereocenters. The Morgan fingerprint density at radius 1 is 1.38 bits per heavy atom. The third-order valence-corrected chi connectivity index (χ3v) is 4.87. The lowest BCUT2D eigenvalue weighted by Gasteiger charge is -2.32. The van der Waals surface area contributed by atoms with Gasteiger partial charge >= 0.3 is 6.03 Å². The number of hydrogen-bond donors (Lipinski definition) is 1. The number of carbonyl (C=O) groups is 2. The van der Waals surface area contributed by atoms with Crippen molar-refractivity contribution in [1.29, 1.82) is 0 Å². The van der Waals surface area contributed by atoms with Crippen molar-refractivity contribution >= 4 is 11.9 Å². The van der Waals surface area contributed by atoms with Crippen LogP contribution in [0.2, 0.25) is 0 Å². The predicted molar refractivity (Wildman–Crippen MR) is 88.4 cm³/mol. The molecule has 2 saturated heterocycles. The molecule has 3 heterocycles. The van der Waals surface area contributed by atoms with E-state index >= 15 is 0 Å². The monoisotopic (exact) mass is 334 g/mol. The third kappa shape index (κ3) is 3.85. The van der Waals surface area contributed by atoms with E-state index in [-0.39, 0.29) is 17.9 Å². The van der Waals surface area contributed by atoms with Crippen molar-refractivity contribution in [2.24, 2.45) is 7.05 Å². The normalized spacial score (nSPS) is 21.4. The van der Waals surface area contributed by atoms with Gasteiger partial charge in [0.25, 0.3) is 0 Å². The Morgan fingerprint density at radius 3 is 2.96 bits per heavy atom. The van der Waals surface area contributed by atoms with Crippen LogP contribution in [0.1, 0.15) is 43.8 Å². The summed E-state index contributed by atoms with van der Waals surface area (Å²) in [5.74, 6) is 1.43. The van der Waals surface area contributed by atoms with Crippen LogP contribution in [0.5, 0.6) is 0 Å². The molecule has 3 rings (SSSR count). The Hall–Kier alpha value is -2.12. The molecule has 2 aliphatic heterocycles. The Labute approximate surface area is 142 Å². The molecule has 0 bridgehead atoms. The molecular weight excluding hydrogens is 308 g/mol. The van der Waals surface area contributed by atoms with Gasteiger partial charge in [-0.1, -0.05) is 0 Å². The number of carbonyl (C=O) groups excluding carboxylic acids is 2. The molecule has 0 spiro atoms. The van der Waals surface area contributed by atoms with Gasteiger partial charge in [-0.15, -0.1) is 10.2 Å². The number of aryl methyl sites for hydroxylation is 1. The van der Waals surface area contributed by atoms with Crippen LogP contribution >= 0.6 is 0 Å². The summed E-state index contributed by atoms with van der Waals surface area (Å²) in [7, 11) is 1.94. The number of nitrogens with zero attached hydrogens (tertiary/aromatic N) is 5. The van der Waals surface area contributed by atoms with Crippen LogP contribution in [-0.2, 0) is 11.8 Å². The fraction of sp³-hybridized carbons (Fsp3) is 0.750. The van der Waals surface area contributed by atoms with Crippen LogP contribution in [0.25, 0.3) is 0 Å².